The van der Waals surface area contributed by atoms with Crippen molar-refractivity contribution in [1.29, 1.82) is 0 Å². The number of nitrogens with zero attached hydrogens (tertiary/aromatic N) is 1. The van der Waals surface area contributed by atoms with Crippen LogP contribution in [0.2, 0.25) is 0 Å². The van der Waals surface area contributed by atoms with Crippen molar-refractivity contribution in [2.24, 2.45) is 0 Å². The van der Waals surface area contributed by atoms with Crippen LogP contribution in [0, 0.1) is 0 Å². The standard InChI is InChI=1S/C24H29NO4/c1-27-20-14-11-18(12-15-20)21-9-5-4-6-17-25(21)23(26)16-13-19-8-7-10-22(28-2)24(19)29-3/h7-8,10-16,21H,4-6,9,17H2,1-3H3. The van der Waals surface area contributed by atoms with Gasteiger partial charge < -0.3 is 19.1 Å². The Morgan fingerprint density at radius 1 is 0.966 bits per heavy atom. The summed E-state index contributed by atoms with van der Waals surface area (Å²) in [6.45, 7) is 0.759. The molecule has 1 heterocycles. The number of rotatable bonds is 6. The second-order valence-corrected chi connectivity index (χ2v) is 7.09. The number of hydrogen-bond acceptors (Lipinski definition) is 4. The minimum Gasteiger partial charge on any atom is -0.497 e. The average molecular weight is 395 g/mol. The molecule has 1 aliphatic heterocycles. The summed E-state index contributed by atoms with van der Waals surface area (Å²) in [4.78, 5) is 15.1. The fourth-order valence-electron chi connectivity index (χ4n) is 3.84. The predicted molar refractivity (Wildman–Crippen MR) is 114 cm³/mol. The zero-order chi connectivity index (χ0) is 20.6. The summed E-state index contributed by atoms with van der Waals surface area (Å²) in [6.07, 6.45) is 7.69. The van der Waals surface area contributed by atoms with Crippen molar-refractivity contribution in [1.82, 2.24) is 4.90 Å². The highest BCUT2D eigenvalue weighted by Gasteiger charge is 2.25. The van der Waals surface area contributed by atoms with Crippen LogP contribution in [0.3, 0.4) is 0 Å². The van der Waals surface area contributed by atoms with Crippen molar-refractivity contribution in [3.05, 3.63) is 59.7 Å². The molecule has 3 rings (SSSR count). The zero-order valence-corrected chi connectivity index (χ0v) is 17.4. The SMILES string of the molecule is COc1ccc(C2CCCCCN2C(=O)C=Cc2cccc(OC)c2OC)cc1. The highest BCUT2D eigenvalue weighted by atomic mass is 16.5. The molecule has 0 saturated carbocycles. The Labute approximate surface area is 172 Å². The van der Waals surface area contributed by atoms with Gasteiger partial charge in [-0.05, 0) is 42.7 Å². The number of hydrogen-bond donors (Lipinski definition) is 0. The molecule has 2 aromatic rings. The van der Waals surface area contributed by atoms with Crippen molar-refractivity contribution < 1.29 is 19.0 Å². The molecule has 0 bridgehead atoms. The minimum absolute atomic E-state index is 0.0117. The number of likely N-dealkylation sites (tertiary alicyclic amines) is 1. The lowest BCUT2D eigenvalue weighted by Crippen LogP contribution is -2.33. The third kappa shape index (κ3) is 4.91. The third-order valence-corrected chi connectivity index (χ3v) is 5.38. The number of carbonyl (C=O) groups is 1. The van der Waals surface area contributed by atoms with Crippen LogP contribution in [-0.2, 0) is 4.79 Å². The summed E-state index contributed by atoms with van der Waals surface area (Å²) in [5.41, 5.74) is 1.96. The molecule has 29 heavy (non-hydrogen) atoms. The number of para-hydroxylation sites is 1. The van der Waals surface area contributed by atoms with E-state index in [1.54, 1.807) is 33.5 Å². The van der Waals surface area contributed by atoms with Gasteiger partial charge >= 0.3 is 0 Å². The molecule has 1 fully saturated rings. The Morgan fingerprint density at radius 2 is 1.76 bits per heavy atom. The lowest BCUT2D eigenvalue weighted by Gasteiger charge is -2.29. The van der Waals surface area contributed by atoms with Gasteiger partial charge in [0.1, 0.15) is 5.75 Å². The normalized spacial score (nSPS) is 17.1. The smallest absolute Gasteiger partial charge is 0.247 e. The van der Waals surface area contributed by atoms with E-state index < -0.39 is 0 Å². The summed E-state index contributed by atoms with van der Waals surface area (Å²) in [5, 5.41) is 0. The monoisotopic (exact) mass is 395 g/mol. The molecule has 5 nitrogen and oxygen atoms in total. The van der Waals surface area contributed by atoms with Crippen molar-refractivity contribution >= 4 is 12.0 Å². The van der Waals surface area contributed by atoms with Crippen LogP contribution >= 0.6 is 0 Å². The lowest BCUT2D eigenvalue weighted by molar-refractivity contribution is -0.128. The maximum atomic E-state index is 13.1. The minimum atomic E-state index is 0.0117. The van der Waals surface area contributed by atoms with Gasteiger partial charge in [0, 0.05) is 18.2 Å². The molecule has 154 valence electrons. The van der Waals surface area contributed by atoms with E-state index in [0.29, 0.717) is 11.5 Å². The number of ether oxygens (including phenoxy) is 3. The van der Waals surface area contributed by atoms with Crippen LogP contribution in [-0.4, -0.2) is 38.7 Å². The first-order valence-electron chi connectivity index (χ1n) is 10.0. The van der Waals surface area contributed by atoms with Crippen LogP contribution in [0.5, 0.6) is 17.2 Å². The number of amides is 1. The van der Waals surface area contributed by atoms with Crippen LogP contribution in [0.15, 0.2) is 48.5 Å². The van der Waals surface area contributed by atoms with Crippen LogP contribution in [0.4, 0.5) is 0 Å². The van der Waals surface area contributed by atoms with Crippen LogP contribution in [0.25, 0.3) is 6.08 Å². The Kier molecular flexibility index (Phi) is 7.17. The van der Waals surface area contributed by atoms with Gasteiger partial charge in [-0.2, -0.15) is 0 Å². The average Bonchev–Trinajstić information content (AvgIpc) is 3.03. The zero-order valence-electron chi connectivity index (χ0n) is 17.4. The van der Waals surface area contributed by atoms with Crippen LogP contribution in [0.1, 0.15) is 42.9 Å². The summed E-state index contributed by atoms with van der Waals surface area (Å²) in [6, 6.07) is 13.7. The first-order valence-corrected chi connectivity index (χ1v) is 10.0. The lowest BCUT2D eigenvalue weighted by atomic mass is 10.0. The molecule has 1 amide bonds. The van der Waals surface area contributed by atoms with Crippen molar-refractivity contribution in [2.75, 3.05) is 27.9 Å². The molecule has 5 heteroatoms. The summed E-state index contributed by atoms with van der Waals surface area (Å²) in [5.74, 6) is 2.11. The largest absolute Gasteiger partial charge is 0.497 e. The molecule has 0 aliphatic carbocycles. The van der Waals surface area contributed by atoms with E-state index in [9.17, 15) is 4.79 Å². The van der Waals surface area contributed by atoms with E-state index >= 15 is 0 Å². The first-order chi connectivity index (χ1) is 14.2. The molecule has 0 radical (unpaired) electrons. The van der Waals surface area contributed by atoms with E-state index in [0.717, 1.165) is 49.1 Å². The maximum absolute atomic E-state index is 13.1. The molecule has 0 aromatic heterocycles. The number of carbonyl (C=O) groups excluding carboxylic acids is 1. The molecule has 0 spiro atoms. The van der Waals surface area contributed by atoms with Gasteiger partial charge in [-0.3, -0.25) is 4.79 Å². The Hall–Kier alpha value is -2.95. The summed E-state index contributed by atoms with van der Waals surface area (Å²) < 4.78 is 16.1. The van der Waals surface area contributed by atoms with Crippen LogP contribution < -0.4 is 14.2 Å². The quantitative estimate of drug-likeness (QED) is 0.655. The van der Waals surface area contributed by atoms with Crippen molar-refractivity contribution in [2.45, 2.75) is 31.7 Å². The second kappa shape index (κ2) is 10.0. The maximum Gasteiger partial charge on any atom is 0.247 e. The van der Waals surface area contributed by atoms with Gasteiger partial charge in [0.25, 0.3) is 0 Å². The number of methoxy groups -OCH3 is 3. The number of benzene rings is 2. The molecular formula is C24H29NO4. The fourth-order valence-corrected chi connectivity index (χ4v) is 3.84. The molecule has 2 aromatic carbocycles. The fraction of sp³-hybridized carbons (Fsp3) is 0.375. The Bertz CT molecular complexity index is 844. The third-order valence-electron chi connectivity index (χ3n) is 5.38. The van der Waals surface area contributed by atoms with Crippen molar-refractivity contribution in [3.63, 3.8) is 0 Å². The van der Waals surface area contributed by atoms with Gasteiger partial charge in [-0.25, -0.2) is 0 Å². The highest BCUT2D eigenvalue weighted by molar-refractivity contribution is 5.92. The van der Waals surface area contributed by atoms with Gasteiger partial charge in [-0.15, -0.1) is 0 Å². The van der Waals surface area contributed by atoms with Gasteiger partial charge in [-0.1, -0.05) is 37.1 Å². The topological polar surface area (TPSA) is 48.0 Å². The van der Waals surface area contributed by atoms with E-state index in [-0.39, 0.29) is 11.9 Å². The van der Waals surface area contributed by atoms with Gasteiger partial charge in [0.2, 0.25) is 5.91 Å². The Morgan fingerprint density at radius 3 is 2.45 bits per heavy atom. The second-order valence-electron chi connectivity index (χ2n) is 7.09. The van der Waals surface area contributed by atoms with Gasteiger partial charge in [0.05, 0.1) is 27.4 Å². The summed E-state index contributed by atoms with van der Waals surface area (Å²) in [7, 11) is 4.87. The highest BCUT2D eigenvalue weighted by Crippen LogP contribution is 2.33. The molecule has 1 saturated heterocycles. The molecule has 1 aliphatic rings. The molecule has 1 atom stereocenters. The van der Waals surface area contributed by atoms with E-state index in [1.807, 2.05) is 35.2 Å². The van der Waals surface area contributed by atoms with Crippen molar-refractivity contribution in [3.8, 4) is 17.2 Å². The predicted octanol–water partition coefficient (Wildman–Crippen LogP) is 4.87. The molecule has 1 unspecified atom stereocenters. The van der Waals surface area contributed by atoms with Gasteiger partial charge in [0.15, 0.2) is 11.5 Å². The molecular weight excluding hydrogens is 366 g/mol. The summed E-state index contributed by atoms with van der Waals surface area (Å²) >= 11 is 0. The van der Waals surface area contributed by atoms with E-state index in [4.69, 9.17) is 14.2 Å². The van der Waals surface area contributed by atoms with E-state index in [2.05, 4.69) is 12.1 Å². The van der Waals surface area contributed by atoms with E-state index in [1.165, 1.54) is 0 Å². The Balaban J connectivity index is 1.84. The molecule has 0 N–H and O–H groups in total. The first kappa shape index (κ1) is 20.8.